The number of halogens is 1. The smallest absolute Gasteiger partial charge is 0.293 e. The van der Waals surface area contributed by atoms with Crippen LogP contribution in [0.3, 0.4) is 0 Å². The molecule has 58 heavy (non-hydrogen) atoms. The number of aromatic nitrogens is 2. The summed E-state index contributed by atoms with van der Waals surface area (Å²) in [4.78, 5) is 38.4. The third-order valence-corrected chi connectivity index (χ3v) is 13.3. The zero-order valence-corrected chi connectivity index (χ0v) is 33.7. The number of aromatic amines is 1. The Morgan fingerprint density at radius 2 is 1.86 bits per heavy atom. The van der Waals surface area contributed by atoms with E-state index in [1.165, 1.54) is 42.9 Å². The first-order chi connectivity index (χ1) is 28.3. The Balaban J connectivity index is 0.902. The maximum absolute atomic E-state index is 13.8. The molecular formula is C44H46ClN7O5S. The molecule has 1 amide bonds. The van der Waals surface area contributed by atoms with Crippen molar-refractivity contribution in [3.05, 3.63) is 117 Å². The number of nitrogens with one attached hydrogen (secondary N) is 3. The van der Waals surface area contributed by atoms with E-state index in [0.717, 1.165) is 79.3 Å². The second-order valence-corrected chi connectivity index (χ2v) is 17.3. The highest BCUT2D eigenvalue weighted by Gasteiger charge is 2.41. The van der Waals surface area contributed by atoms with E-state index in [9.17, 15) is 14.9 Å². The number of ether oxygens (including phenoxy) is 2. The van der Waals surface area contributed by atoms with E-state index in [1.807, 2.05) is 42.6 Å². The molecule has 3 aromatic carbocycles. The van der Waals surface area contributed by atoms with Gasteiger partial charge in [0.05, 0.1) is 29.9 Å². The van der Waals surface area contributed by atoms with Crippen LogP contribution in [0.15, 0.2) is 95.7 Å². The lowest BCUT2D eigenvalue weighted by molar-refractivity contribution is -0.384. The van der Waals surface area contributed by atoms with E-state index >= 15 is 0 Å². The molecule has 4 aliphatic rings. The fourth-order valence-electron chi connectivity index (χ4n) is 8.60. The summed E-state index contributed by atoms with van der Waals surface area (Å²) in [5.41, 5.74) is 7.30. The zero-order valence-electron chi connectivity index (χ0n) is 32.2. The predicted octanol–water partition coefficient (Wildman–Crippen LogP) is 9.34. The summed E-state index contributed by atoms with van der Waals surface area (Å²) in [6.07, 6.45) is 11.1. The van der Waals surface area contributed by atoms with Gasteiger partial charge in [0.1, 0.15) is 22.8 Å². The van der Waals surface area contributed by atoms with Crippen LogP contribution in [0.4, 0.5) is 17.1 Å². The van der Waals surface area contributed by atoms with Gasteiger partial charge in [-0.1, -0.05) is 35.7 Å². The Bertz CT molecular complexity index is 2350. The largest absolute Gasteiger partial charge is 0.455 e. The number of fused-ring (bicyclic) bond motifs is 1. The van der Waals surface area contributed by atoms with Crippen molar-refractivity contribution in [2.75, 3.05) is 62.7 Å². The van der Waals surface area contributed by atoms with Crippen LogP contribution in [-0.2, 0) is 4.74 Å². The Morgan fingerprint density at radius 3 is 2.60 bits per heavy atom. The number of piperazine rings is 1. The number of hydrogen-bond donors (Lipinski definition) is 3. The van der Waals surface area contributed by atoms with Crippen molar-refractivity contribution in [1.82, 2.24) is 19.6 Å². The van der Waals surface area contributed by atoms with E-state index in [0.29, 0.717) is 58.7 Å². The molecule has 300 valence electrons. The molecule has 9 rings (SSSR count). The Labute approximate surface area is 346 Å². The Morgan fingerprint density at radius 1 is 1.03 bits per heavy atom. The number of amides is 1. The van der Waals surface area contributed by atoms with Gasteiger partial charge >= 0.3 is 0 Å². The second kappa shape index (κ2) is 16.6. The fraction of sp³-hybridized carbons (Fsp3) is 0.364. The molecule has 5 aromatic rings. The lowest BCUT2D eigenvalue weighted by atomic mass is 9.59. The summed E-state index contributed by atoms with van der Waals surface area (Å²) in [7, 11) is 0. The number of anilines is 2. The molecule has 2 saturated heterocycles. The molecule has 14 heteroatoms. The topological polar surface area (TPSA) is 138 Å². The van der Waals surface area contributed by atoms with Crippen molar-refractivity contribution >= 4 is 63.1 Å². The molecule has 0 bridgehead atoms. The number of nitrogens with zero attached hydrogens (tertiary/aromatic N) is 4. The van der Waals surface area contributed by atoms with Crippen molar-refractivity contribution in [3.63, 3.8) is 0 Å². The van der Waals surface area contributed by atoms with Gasteiger partial charge < -0.3 is 24.7 Å². The molecule has 0 radical (unpaired) electrons. The van der Waals surface area contributed by atoms with Crippen LogP contribution < -0.4 is 19.7 Å². The molecule has 2 aliphatic carbocycles. The fourth-order valence-corrected chi connectivity index (χ4v) is 9.35. The summed E-state index contributed by atoms with van der Waals surface area (Å²) < 4.78 is 14.5. The molecule has 2 aromatic heterocycles. The maximum Gasteiger partial charge on any atom is 0.293 e. The number of benzene rings is 3. The van der Waals surface area contributed by atoms with Gasteiger partial charge in [-0.15, -0.1) is 0 Å². The summed E-state index contributed by atoms with van der Waals surface area (Å²) in [5.74, 6) is 0.844. The number of nitro benzene ring substituents is 1. The van der Waals surface area contributed by atoms with Crippen molar-refractivity contribution in [2.24, 2.45) is 11.3 Å². The van der Waals surface area contributed by atoms with E-state index in [-0.39, 0.29) is 11.6 Å². The van der Waals surface area contributed by atoms with E-state index in [1.54, 1.807) is 30.0 Å². The van der Waals surface area contributed by atoms with Crippen LogP contribution in [0.2, 0.25) is 5.02 Å². The van der Waals surface area contributed by atoms with Crippen molar-refractivity contribution in [2.45, 2.75) is 43.4 Å². The van der Waals surface area contributed by atoms with Gasteiger partial charge in [-0.2, -0.15) is 0 Å². The predicted molar refractivity (Wildman–Crippen MR) is 229 cm³/mol. The molecule has 12 nitrogen and oxygen atoms in total. The summed E-state index contributed by atoms with van der Waals surface area (Å²) >= 11 is 7.30. The molecule has 0 unspecified atom stereocenters. The van der Waals surface area contributed by atoms with Gasteiger partial charge in [0, 0.05) is 84.5 Å². The van der Waals surface area contributed by atoms with Crippen LogP contribution in [0.1, 0.15) is 54.4 Å². The average molecular weight is 820 g/mol. The average Bonchev–Trinajstić information content (AvgIpc) is 3.68. The van der Waals surface area contributed by atoms with E-state index < -0.39 is 4.92 Å². The first-order valence-corrected chi connectivity index (χ1v) is 21.2. The Hall–Kier alpha value is -5.08. The molecule has 1 spiro atoms. The van der Waals surface area contributed by atoms with Crippen LogP contribution in [0.25, 0.3) is 16.6 Å². The van der Waals surface area contributed by atoms with Gasteiger partial charge in [0.25, 0.3) is 11.6 Å². The normalized spacial score (nSPS) is 18.2. The van der Waals surface area contributed by atoms with Crippen LogP contribution in [0, 0.1) is 21.4 Å². The second-order valence-electron chi connectivity index (χ2n) is 16.0. The quantitative estimate of drug-likeness (QED) is 0.0599. The minimum absolute atomic E-state index is 0.0554. The highest BCUT2D eigenvalue weighted by molar-refractivity contribution is 7.98. The van der Waals surface area contributed by atoms with Gasteiger partial charge in [0.2, 0.25) is 0 Å². The Kier molecular flexibility index (Phi) is 11.0. The van der Waals surface area contributed by atoms with Gasteiger partial charge in [-0.25, -0.2) is 4.98 Å². The first kappa shape index (κ1) is 38.4. The number of carbonyl (C=O) groups is 1. The highest BCUT2D eigenvalue weighted by Crippen LogP contribution is 2.55. The molecule has 2 aliphatic heterocycles. The molecule has 0 atom stereocenters. The third-order valence-electron chi connectivity index (χ3n) is 12.2. The summed E-state index contributed by atoms with van der Waals surface area (Å²) in [5, 5.41) is 16.8. The zero-order chi connectivity index (χ0) is 39.6. The van der Waals surface area contributed by atoms with Crippen molar-refractivity contribution in [1.29, 1.82) is 0 Å². The first-order valence-electron chi connectivity index (χ1n) is 20.0. The molecule has 4 heterocycles. The lowest BCUT2D eigenvalue weighted by Gasteiger charge is -2.47. The minimum Gasteiger partial charge on any atom is -0.455 e. The van der Waals surface area contributed by atoms with E-state index in [2.05, 4.69) is 41.9 Å². The standard InChI is InChI=1S/C44H46ClN7O5S/c45-33-4-2-30(3-5-33)38-23-44(12-1-13-44)14-10-32(38)26-50-16-18-51(19-17-50)34-6-8-37(41(21-34)57-35-20-31-11-15-46-42(31)48-25-35)43(53)49-58-36-7-9-39(40(22-36)52(54)55)47-24-29-27-56-28-29/h2-9,11,15,20-22,25,29,47H,1,10,12-14,16-19,23-24,26-28H2,(H,46,48)(H,49,53). The van der Waals surface area contributed by atoms with Gasteiger partial charge in [-0.3, -0.25) is 24.5 Å². The SMILES string of the molecule is O=C(NSc1ccc(NCC2COC2)c([N+](=O)[O-])c1)c1ccc(N2CCN(CC3=C(c4ccc(Cl)cc4)CC4(CCC4)CC3)CC2)cc1Oc1cnc2[nH]ccc2c1. The highest BCUT2D eigenvalue weighted by atomic mass is 35.5. The maximum atomic E-state index is 13.8. The molecule has 1 saturated carbocycles. The van der Waals surface area contributed by atoms with Gasteiger partial charge in [0.15, 0.2) is 0 Å². The third kappa shape index (κ3) is 8.40. The number of carbonyl (C=O) groups excluding carboxylic acids is 1. The van der Waals surface area contributed by atoms with Crippen molar-refractivity contribution in [3.8, 4) is 11.5 Å². The number of hydrogen-bond acceptors (Lipinski definition) is 10. The van der Waals surface area contributed by atoms with E-state index in [4.69, 9.17) is 21.1 Å². The molecule has 3 fully saturated rings. The monoisotopic (exact) mass is 819 g/mol. The van der Waals surface area contributed by atoms with Crippen LogP contribution in [0.5, 0.6) is 11.5 Å². The number of H-pyrrole nitrogens is 1. The van der Waals surface area contributed by atoms with Crippen molar-refractivity contribution < 1.29 is 19.2 Å². The number of pyridine rings is 1. The molecular weight excluding hydrogens is 774 g/mol. The van der Waals surface area contributed by atoms with Crippen LogP contribution in [-0.4, -0.2) is 78.2 Å². The van der Waals surface area contributed by atoms with Gasteiger partial charge in [-0.05, 0) is 109 Å². The molecule has 3 N–H and O–H groups in total. The lowest BCUT2D eigenvalue weighted by Crippen LogP contribution is -2.47. The number of nitro groups is 1. The summed E-state index contributed by atoms with van der Waals surface area (Å²) in [6, 6.07) is 22.8. The minimum atomic E-state index is -0.415. The number of rotatable bonds is 13. The summed E-state index contributed by atoms with van der Waals surface area (Å²) in [6.45, 7) is 6.37. The van der Waals surface area contributed by atoms with Crippen LogP contribution >= 0.6 is 23.5 Å². The number of allylic oxidation sites excluding steroid dienone is 1.